The van der Waals surface area contributed by atoms with Crippen LogP contribution >= 0.6 is 0 Å². The molecule has 0 N–H and O–H groups in total. The molecule has 3 aliphatic carbocycles. The SMILES string of the molecule is COC(=O)C1(C)CCCC2(C)C3=CCC[C@](C)(C=O)C3CCC12. The summed E-state index contributed by atoms with van der Waals surface area (Å²) in [6.07, 6.45) is 10.7. The van der Waals surface area contributed by atoms with Crippen molar-refractivity contribution in [2.24, 2.45) is 28.1 Å². The number of esters is 1. The van der Waals surface area contributed by atoms with Crippen LogP contribution in [-0.2, 0) is 14.3 Å². The first kappa shape index (κ1) is 16.7. The lowest BCUT2D eigenvalue weighted by molar-refractivity contribution is -0.165. The summed E-state index contributed by atoms with van der Waals surface area (Å²) >= 11 is 0. The van der Waals surface area contributed by atoms with E-state index in [0.29, 0.717) is 11.8 Å². The van der Waals surface area contributed by atoms with E-state index in [1.807, 2.05) is 0 Å². The van der Waals surface area contributed by atoms with Gasteiger partial charge >= 0.3 is 5.97 Å². The summed E-state index contributed by atoms with van der Waals surface area (Å²) in [4.78, 5) is 24.3. The van der Waals surface area contributed by atoms with E-state index in [9.17, 15) is 9.59 Å². The smallest absolute Gasteiger partial charge is 0.311 e. The van der Waals surface area contributed by atoms with Gasteiger partial charge in [-0.3, -0.25) is 4.79 Å². The summed E-state index contributed by atoms with van der Waals surface area (Å²) in [6, 6.07) is 0. The van der Waals surface area contributed by atoms with Crippen LogP contribution in [0.4, 0.5) is 0 Å². The highest BCUT2D eigenvalue weighted by Crippen LogP contribution is 2.64. The molecule has 0 spiro atoms. The molecular weight excluding hydrogens is 288 g/mol. The molecule has 5 atom stereocenters. The molecule has 0 aromatic carbocycles. The van der Waals surface area contributed by atoms with Crippen molar-refractivity contribution in [2.45, 2.75) is 65.7 Å². The molecule has 3 nitrogen and oxygen atoms in total. The van der Waals surface area contributed by atoms with Crippen LogP contribution in [0.15, 0.2) is 11.6 Å². The van der Waals surface area contributed by atoms with Crippen LogP contribution in [0.5, 0.6) is 0 Å². The maximum atomic E-state index is 12.5. The third-order valence-electron chi connectivity index (χ3n) is 7.47. The minimum atomic E-state index is -0.386. The molecule has 0 aromatic rings. The Balaban J connectivity index is 2.03. The van der Waals surface area contributed by atoms with Gasteiger partial charge in [-0.05, 0) is 62.7 Å². The average Bonchev–Trinajstić information content (AvgIpc) is 2.54. The molecule has 0 amide bonds. The highest BCUT2D eigenvalue weighted by atomic mass is 16.5. The predicted octanol–water partition coefficient (Wildman–Crippen LogP) is 4.31. The lowest BCUT2D eigenvalue weighted by Crippen LogP contribution is -2.54. The standard InChI is InChI=1S/C20H30O3/c1-18(13-21)10-5-7-15-14(18)8-9-16-19(15,2)11-6-12-20(16,3)17(22)23-4/h7,13-14,16H,5-6,8-12H2,1-4H3/t14?,16?,18-,19?,20?/m1/s1. The molecule has 0 aliphatic heterocycles. The third kappa shape index (κ3) is 2.22. The van der Waals surface area contributed by atoms with Crippen LogP contribution in [-0.4, -0.2) is 19.4 Å². The molecule has 0 saturated heterocycles. The van der Waals surface area contributed by atoms with E-state index >= 15 is 0 Å². The molecule has 0 radical (unpaired) electrons. The number of hydrogen-bond donors (Lipinski definition) is 0. The Morgan fingerprint density at radius 2 is 1.96 bits per heavy atom. The monoisotopic (exact) mass is 318 g/mol. The van der Waals surface area contributed by atoms with E-state index in [1.54, 1.807) is 0 Å². The maximum Gasteiger partial charge on any atom is 0.311 e. The van der Waals surface area contributed by atoms with Gasteiger partial charge in [-0.15, -0.1) is 0 Å². The van der Waals surface area contributed by atoms with Crippen molar-refractivity contribution in [3.8, 4) is 0 Å². The topological polar surface area (TPSA) is 43.4 Å². The van der Waals surface area contributed by atoms with Crippen LogP contribution in [0, 0.1) is 28.1 Å². The fraction of sp³-hybridized carbons (Fsp3) is 0.800. The van der Waals surface area contributed by atoms with Crippen LogP contribution in [0.1, 0.15) is 65.7 Å². The first-order valence-electron chi connectivity index (χ1n) is 9.07. The second-order valence-corrected chi connectivity index (χ2v) is 8.68. The van der Waals surface area contributed by atoms with Crippen LogP contribution in [0.3, 0.4) is 0 Å². The van der Waals surface area contributed by atoms with Gasteiger partial charge in [-0.25, -0.2) is 0 Å². The molecule has 2 saturated carbocycles. The fourth-order valence-corrected chi connectivity index (χ4v) is 6.14. The molecule has 3 rings (SSSR count). The minimum absolute atomic E-state index is 0.0365. The summed E-state index contributed by atoms with van der Waals surface area (Å²) in [5.74, 6) is 0.629. The maximum absolute atomic E-state index is 12.5. The van der Waals surface area contributed by atoms with Crippen molar-refractivity contribution in [1.82, 2.24) is 0 Å². The van der Waals surface area contributed by atoms with E-state index in [-0.39, 0.29) is 22.2 Å². The Morgan fingerprint density at radius 1 is 1.22 bits per heavy atom. The van der Waals surface area contributed by atoms with Crippen molar-refractivity contribution in [3.05, 3.63) is 11.6 Å². The lowest BCUT2D eigenvalue weighted by atomic mass is 9.44. The van der Waals surface area contributed by atoms with Crippen LogP contribution in [0.2, 0.25) is 0 Å². The first-order chi connectivity index (χ1) is 10.8. The number of fused-ring (bicyclic) bond motifs is 3. The summed E-state index contributed by atoms with van der Waals surface area (Å²) in [5.41, 5.74) is 0.888. The Kier molecular flexibility index (Phi) is 3.97. The Hall–Kier alpha value is -1.12. The number of hydrogen-bond acceptors (Lipinski definition) is 3. The number of carbonyl (C=O) groups excluding carboxylic acids is 2. The summed E-state index contributed by atoms with van der Waals surface area (Å²) in [5, 5.41) is 0. The minimum Gasteiger partial charge on any atom is -0.469 e. The molecule has 3 heteroatoms. The molecule has 128 valence electrons. The van der Waals surface area contributed by atoms with Crippen molar-refractivity contribution in [3.63, 3.8) is 0 Å². The van der Waals surface area contributed by atoms with Gasteiger partial charge in [0, 0.05) is 5.41 Å². The van der Waals surface area contributed by atoms with Crippen molar-refractivity contribution < 1.29 is 14.3 Å². The van der Waals surface area contributed by atoms with Crippen molar-refractivity contribution >= 4 is 12.3 Å². The van der Waals surface area contributed by atoms with Crippen LogP contribution < -0.4 is 0 Å². The Labute approximate surface area is 139 Å². The average molecular weight is 318 g/mol. The summed E-state index contributed by atoms with van der Waals surface area (Å²) in [7, 11) is 1.51. The number of aldehydes is 1. The van der Waals surface area contributed by atoms with E-state index in [4.69, 9.17) is 4.74 Å². The highest BCUT2D eigenvalue weighted by Gasteiger charge is 2.59. The zero-order valence-electron chi connectivity index (χ0n) is 15.0. The summed E-state index contributed by atoms with van der Waals surface area (Å²) in [6.45, 7) is 6.57. The van der Waals surface area contributed by atoms with Crippen molar-refractivity contribution in [1.29, 1.82) is 0 Å². The molecule has 0 heterocycles. The second kappa shape index (κ2) is 5.46. The van der Waals surface area contributed by atoms with E-state index in [2.05, 4.69) is 26.8 Å². The molecule has 0 bridgehead atoms. The van der Waals surface area contributed by atoms with Gasteiger partial charge in [0.1, 0.15) is 6.29 Å². The third-order valence-corrected chi connectivity index (χ3v) is 7.47. The van der Waals surface area contributed by atoms with E-state index < -0.39 is 0 Å². The quantitative estimate of drug-likeness (QED) is 0.433. The van der Waals surface area contributed by atoms with Crippen molar-refractivity contribution in [2.75, 3.05) is 7.11 Å². The molecular formula is C20H30O3. The molecule has 23 heavy (non-hydrogen) atoms. The zero-order chi connectivity index (χ0) is 16.9. The zero-order valence-corrected chi connectivity index (χ0v) is 15.0. The largest absolute Gasteiger partial charge is 0.469 e. The Morgan fingerprint density at radius 3 is 2.61 bits per heavy atom. The van der Waals surface area contributed by atoms with Gasteiger partial charge in [-0.2, -0.15) is 0 Å². The highest BCUT2D eigenvalue weighted by molar-refractivity contribution is 5.77. The fourth-order valence-electron chi connectivity index (χ4n) is 6.14. The van der Waals surface area contributed by atoms with Gasteiger partial charge in [0.2, 0.25) is 0 Å². The van der Waals surface area contributed by atoms with Gasteiger partial charge in [0.25, 0.3) is 0 Å². The molecule has 4 unspecified atom stereocenters. The number of allylic oxidation sites excluding steroid dienone is 2. The molecule has 0 aromatic heterocycles. The van der Waals surface area contributed by atoms with Gasteiger partial charge in [0.05, 0.1) is 12.5 Å². The van der Waals surface area contributed by atoms with E-state index in [1.165, 1.54) is 19.0 Å². The van der Waals surface area contributed by atoms with Gasteiger partial charge < -0.3 is 9.53 Å². The number of rotatable bonds is 2. The number of ether oxygens (including phenoxy) is 1. The van der Waals surface area contributed by atoms with Crippen LogP contribution in [0.25, 0.3) is 0 Å². The number of carbonyl (C=O) groups is 2. The Bertz CT molecular complexity index is 551. The molecule has 2 fully saturated rings. The second-order valence-electron chi connectivity index (χ2n) is 8.68. The van der Waals surface area contributed by atoms with Gasteiger partial charge in [0.15, 0.2) is 0 Å². The first-order valence-corrected chi connectivity index (χ1v) is 9.07. The lowest BCUT2D eigenvalue weighted by Gasteiger charge is -2.59. The predicted molar refractivity (Wildman–Crippen MR) is 89.8 cm³/mol. The van der Waals surface area contributed by atoms with E-state index in [0.717, 1.165) is 44.9 Å². The normalized spacial score (nSPS) is 46.2. The molecule has 3 aliphatic rings. The van der Waals surface area contributed by atoms with Gasteiger partial charge in [-0.1, -0.05) is 31.9 Å². The summed E-state index contributed by atoms with van der Waals surface area (Å²) < 4.78 is 5.17. The number of methoxy groups -OCH3 is 1.